The van der Waals surface area contributed by atoms with Gasteiger partial charge in [-0.25, -0.2) is 8.78 Å². The summed E-state index contributed by atoms with van der Waals surface area (Å²) in [6.45, 7) is 0. The van der Waals surface area contributed by atoms with E-state index in [0.29, 0.717) is 18.2 Å². The summed E-state index contributed by atoms with van der Waals surface area (Å²) in [5.74, 6) is 0.895. The van der Waals surface area contributed by atoms with Gasteiger partial charge in [-0.15, -0.1) is 0 Å². The SMILES string of the molecule is N#Cc1ccc(CC[C@H]2CC[C@H](C/C=C/F)CC2)cc1F. The van der Waals surface area contributed by atoms with Crippen molar-refractivity contribution in [3.63, 3.8) is 0 Å². The van der Waals surface area contributed by atoms with Crippen LogP contribution in [0.2, 0.25) is 0 Å². The van der Waals surface area contributed by atoms with Crippen LogP contribution in [0.4, 0.5) is 8.78 Å². The molecule has 1 aliphatic carbocycles. The summed E-state index contributed by atoms with van der Waals surface area (Å²) < 4.78 is 25.5. The minimum absolute atomic E-state index is 0.111. The molecular weight excluding hydrogens is 268 g/mol. The normalized spacial score (nSPS) is 22.3. The molecular formula is C18H21F2N. The molecule has 2 rings (SSSR count). The number of aryl methyl sites for hydroxylation is 1. The third kappa shape index (κ3) is 4.67. The molecule has 0 saturated heterocycles. The molecule has 1 aromatic rings. The molecule has 3 heteroatoms. The van der Waals surface area contributed by atoms with Crippen molar-refractivity contribution in [3.05, 3.63) is 47.5 Å². The highest BCUT2D eigenvalue weighted by molar-refractivity contribution is 5.33. The molecule has 21 heavy (non-hydrogen) atoms. The molecule has 0 spiro atoms. The molecule has 0 heterocycles. The Kier molecular flexibility index (Phi) is 5.92. The number of halogens is 2. The lowest BCUT2D eigenvalue weighted by Gasteiger charge is -2.27. The third-order valence-electron chi connectivity index (χ3n) is 4.52. The van der Waals surface area contributed by atoms with E-state index in [1.165, 1.54) is 18.9 Å². The maximum Gasteiger partial charge on any atom is 0.141 e. The quantitative estimate of drug-likeness (QED) is 0.720. The van der Waals surface area contributed by atoms with E-state index in [1.54, 1.807) is 12.1 Å². The molecule has 0 radical (unpaired) electrons. The average Bonchev–Trinajstić information content (AvgIpc) is 2.52. The summed E-state index contributed by atoms with van der Waals surface area (Å²) in [6, 6.07) is 6.73. The largest absolute Gasteiger partial charge is 0.216 e. The maximum absolute atomic E-state index is 13.5. The van der Waals surface area contributed by atoms with Gasteiger partial charge >= 0.3 is 0 Å². The standard InChI is InChI=1S/C18H21F2N/c19-11-1-2-14-3-5-15(6-4-14)7-8-16-9-10-17(13-21)18(20)12-16/h1,9-12,14-15H,2-8H2/b11-1+/t14-,15-. The van der Waals surface area contributed by atoms with E-state index < -0.39 is 5.82 Å². The second-order valence-electron chi connectivity index (χ2n) is 5.95. The zero-order chi connectivity index (χ0) is 15.1. The van der Waals surface area contributed by atoms with Crippen molar-refractivity contribution in [1.29, 1.82) is 5.26 Å². The van der Waals surface area contributed by atoms with Crippen LogP contribution in [-0.4, -0.2) is 0 Å². The van der Waals surface area contributed by atoms with Gasteiger partial charge in [-0.3, -0.25) is 0 Å². The molecule has 1 nitrogen and oxygen atoms in total. The lowest BCUT2D eigenvalue weighted by Crippen LogP contribution is -2.14. The molecule has 1 aliphatic rings. The first-order valence-electron chi connectivity index (χ1n) is 7.66. The van der Waals surface area contributed by atoms with E-state index in [0.717, 1.165) is 37.7 Å². The van der Waals surface area contributed by atoms with Gasteiger partial charge in [0.25, 0.3) is 0 Å². The van der Waals surface area contributed by atoms with Crippen LogP contribution < -0.4 is 0 Å². The summed E-state index contributed by atoms with van der Waals surface area (Å²) in [5.41, 5.74) is 1.08. The van der Waals surface area contributed by atoms with Crippen molar-refractivity contribution in [1.82, 2.24) is 0 Å². The zero-order valence-corrected chi connectivity index (χ0v) is 12.2. The monoisotopic (exact) mass is 289 g/mol. The topological polar surface area (TPSA) is 23.8 Å². The van der Waals surface area contributed by atoms with Crippen molar-refractivity contribution >= 4 is 0 Å². The predicted molar refractivity (Wildman–Crippen MR) is 79.7 cm³/mol. The number of hydrogen-bond acceptors (Lipinski definition) is 1. The van der Waals surface area contributed by atoms with Gasteiger partial charge in [0.2, 0.25) is 0 Å². The number of rotatable bonds is 5. The smallest absolute Gasteiger partial charge is 0.141 e. The van der Waals surface area contributed by atoms with E-state index in [9.17, 15) is 8.78 Å². The Bertz CT molecular complexity index is 523. The van der Waals surface area contributed by atoms with Crippen LogP contribution in [0.15, 0.2) is 30.6 Å². The molecule has 0 aliphatic heterocycles. The van der Waals surface area contributed by atoms with E-state index in [2.05, 4.69) is 0 Å². The van der Waals surface area contributed by atoms with Gasteiger partial charge in [0.15, 0.2) is 0 Å². The predicted octanol–water partition coefficient (Wildman–Crippen LogP) is 5.31. The Morgan fingerprint density at radius 1 is 1.19 bits per heavy atom. The summed E-state index contributed by atoms with van der Waals surface area (Å²) in [5, 5.41) is 8.71. The van der Waals surface area contributed by atoms with E-state index >= 15 is 0 Å². The lowest BCUT2D eigenvalue weighted by molar-refractivity contribution is 0.264. The molecule has 112 valence electrons. The Morgan fingerprint density at radius 2 is 1.90 bits per heavy atom. The highest BCUT2D eigenvalue weighted by Crippen LogP contribution is 2.33. The first-order valence-corrected chi connectivity index (χ1v) is 7.66. The molecule has 1 fully saturated rings. The van der Waals surface area contributed by atoms with E-state index in [1.807, 2.05) is 12.1 Å². The Morgan fingerprint density at radius 3 is 2.52 bits per heavy atom. The fourth-order valence-corrected chi connectivity index (χ4v) is 3.18. The first-order chi connectivity index (χ1) is 10.2. The number of hydrogen-bond donors (Lipinski definition) is 0. The highest BCUT2D eigenvalue weighted by Gasteiger charge is 2.20. The molecule has 0 N–H and O–H groups in total. The molecule has 0 amide bonds. The van der Waals surface area contributed by atoms with Gasteiger partial charge < -0.3 is 0 Å². The fourth-order valence-electron chi connectivity index (χ4n) is 3.18. The second kappa shape index (κ2) is 7.93. The summed E-state index contributed by atoms with van der Waals surface area (Å²) in [6.07, 6.45) is 9.74. The van der Waals surface area contributed by atoms with Gasteiger partial charge in [-0.1, -0.05) is 25.0 Å². The van der Waals surface area contributed by atoms with Gasteiger partial charge in [-0.2, -0.15) is 5.26 Å². The number of nitrogens with zero attached hydrogens (tertiary/aromatic N) is 1. The average molecular weight is 289 g/mol. The van der Waals surface area contributed by atoms with Crippen LogP contribution in [0.3, 0.4) is 0 Å². The van der Waals surface area contributed by atoms with Gasteiger partial charge in [0.1, 0.15) is 11.9 Å². The number of allylic oxidation sites excluding steroid dienone is 1. The van der Waals surface area contributed by atoms with Crippen molar-refractivity contribution in [3.8, 4) is 6.07 Å². The molecule has 0 atom stereocenters. The zero-order valence-electron chi connectivity index (χ0n) is 12.2. The Hall–Kier alpha value is -1.69. The second-order valence-corrected chi connectivity index (χ2v) is 5.95. The van der Waals surface area contributed by atoms with Crippen molar-refractivity contribution < 1.29 is 8.78 Å². The molecule has 1 aromatic carbocycles. The molecule has 0 unspecified atom stereocenters. The number of benzene rings is 1. The van der Waals surface area contributed by atoms with Crippen molar-refractivity contribution in [2.24, 2.45) is 11.8 Å². The van der Waals surface area contributed by atoms with Crippen LogP contribution >= 0.6 is 0 Å². The lowest BCUT2D eigenvalue weighted by atomic mass is 9.78. The van der Waals surface area contributed by atoms with Gasteiger partial charge in [0.05, 0.1) is 11.9 Å². The summed E-state index contributed by atoms with van der Waals surface area (Å²) in [4.78, 5) is 0. The van der Waals surface area contributed by atoms with Crippen LogP contribution in [-0.2, 0) is 6.42 Å². The van der Waals surface area contributed by atoms with E-state index in [4.69, 9.17) is 5.26 Å². The minimum atomic E-state index is -0.420. The van der Waals surface area contributed by atoms with E-state index in [-0.39, 0.29) is 5.56 Å². The Labute approximate surface area is 125 Å². The van der Waals surface area contributed by atoms with Crippen LogP contribution in [0.25, 0.3) is 0 Å². The van der Waals surface area contributed by atoms with Crippen molar-refractivity contribution in [2.75, 3.05) is 0 Å². The fraction of sp³-hybridized carbons (Fsp3) is 0.500. The van der Waals surface area contributed by atoms with Gasteiger partial charge in [-0.05, 0) is 61.6 Å². The minimum Gasteiger partial charge on any atom is -0.216 e. The summed E-state index contributed by atoms with van der Waals surface area (Å²) >= 11 is 0. The Balaban J connectivity index is 1.77. The first kappa shape index (κ1) is 15.7. The van der Waals surface area contributed by atoms with Crippen LogP contribution in [0.1, 0.15) is 49.7 Å². The van der Waals surface area contributed by atoms with Crippen LogP contribution in [0.5, 0.6) is 0 Å². The van der Waals surface area contributed by atoms with Gasteiger partial charge in [0, 0.05) is 0 Å². The summed E-state index contributed by atoms with van der Waals surface area (Å²) in [7, 11) is 0. The number of nitriles is 1. The molecule has 0 aromatic heterocycles. The van der Waals surface area contributed by atoms with Crippen molar-refractivity contribution in [2.45, 2.75) is 44.9 Å². The molecule has 0 bridgehead atoms. The highest BCUT2D eigenvalue weighted by atomic mass is 19.1. The maximum atomic E-state index is 13.5. The third-order valence-corrected chi connectivity index (χ3v) is 4.52. The van der Waals surface area contributed by atoms with Crippen LogP contribution in [0, 0.1) is 29.0 Å². The molecule has 1 saturated carbocycles.